The number of hydrogen-bond donors (Lipinski definition) is 3. The highest BCUT2D eigenvalue weighted by atomic mass is 79.9. The van der Waals surface area contributed by atoms with Crippen LogP contribution in [0.1, 0.15) is 21.5 Å². The molecule has 2 amide bonds. The summed E-state index contributed by atoms with van der Waals surface area (Å²) in [7, 11) is 5.29. The van der Waals surface area contributed by atoms with E-state index in [1.54, 1.807) is 42.5 Å². The average Bonchev–Trinajstić information content (AvgIpc) is 2.88. The number of amides is 2. The van der Waals surface area contributed by atoms with Crippen molar-refractivity contribution in [1.82, 2.24) is 10.7 Å². The molecule has 0 heterocycles. The van der Waals surface area contributed by atoms with Crippen LogP contribution < -0.4 is 20.4 Å². The predicted octanol–water partition coefficient (Wildman–Crippen LogP) is 4.91. The maximum Gasteiger partial charge on any atom is 0.287 e. The first-order valence-corrected chi connectivity index (χ1v) is 12.2. The number of carbonyl (C=O) groups excluding carboxylic acids is 2. The molecule has 0 radical (unpaired) electrons. The maximum atomic E-state index is 13.0. The molecule has 0 spiro atoms. The summed E-state index contributed by atoms with van der Waals surface area (Å²) in [6, 6.07) is 17.6. The number of anilines is 1. The predicted molar refractivity (Wildman–Crippen MR) is 148 cm³/mol. The third kappa shape index (κ3) is 6.73. The molecule has 3 rings (SSSR count). The van der Waals surface area contributed by atoms with Gasteiger partial charge in [-0.1, -0.05) is 30.3 Å². The van der Waals surface area contributed by atoms with Gasteiger partial charge in [-0.05, 0) is 73.8 Å². The zero-order valence-electron chi connectivity index (χ0n) is 19.8. The van der Waals surface area contributed by atoms with Gasteiger partial charge in [0.1, 0.15) is 5.70 Å². The topological polar surface area (TPSA) is 103 Å². The van der Waals surface area contributed by atoms with E-state index in [1.165, 1.54) is 13.3 Å². The van der Waals surface area contributed by atoms with Crippen LogP contribution >= 0.6 is 31.9 Å². The Hall–Kier alpha value is -3.63. The molecule has 3 aromatic rings. The van der Waals surface area contributed by atoms with Crippen molar-refractivity contribution in [1.29, 1.82) is 0 Å². The number of benzene rings is 3. The van der Waals surface area contributed by atoms with E-state index in [0.29, 0.717) is 25.6 Å². The minimum Gasteiger partial charge on any atom is -0.504 e. The molecule has 36 heavy (non-hydrogen) atoms. The Morgan fingerprint density at radius 1 is 1.06 bits per heavy atom. The molecule has 0 aromatic heterocycles. The molecule has 186 valence electrons. The van der Waals surface area contributed by atoms with E-state index in [0.717, 1.165) is 5.69 Å². The molecule has 0 aliphatic carbocycles. The number of hydrazone groups is 1. The summed E-state index contributed by atoms with van der Waals surface area (Å²) in [5, 5.41) is 17.0. The van der Waals surface area contributed by atoms with Crippen molar-refractivity contribution in [3.8, 4) is 11.5 Å². The largest absolute Gasteiger partial charge is 0.504 e. The molecule has 0 saturated heterocycles. The van der Waals surface area contributed by atoms with Crippen molar-refractivity contribution in [2.75, 3.05) is 26.1 Å². The number of methoxy groups -OCH3 is 1. The summed E-state index contributed by atoms with van der Waals surface area (Å²) in [5.74, 6) is -1.01. The molecule has 3 N–H and O–H groups in total. The first-order chi connectivity index (χ1) is 17.2. The van der Waals surface area contributed by atoms with E-state index in [1.807, 2.05) is 43.3 Å². The molecule has 0 bridgehead atoms. The van der Waals surface area contributed by atoms with Crippen LogP contribution in [0.2, 0.25) is 0 Å². The third-order valence-electron chi connectivity index (χ3n) is 5.02. The van der Waals surface area contributed by atoms with Crippen molar-refractivity contribution in [3.63, 3.8) is 0 Å². The van der Waals surface area contributed by atoms with E-state index < -0.39 is 11.8 Å². The highest BCUT2D eigenvalue weighted by molar-refractivity contribution is 9.13. The molecule has 0 unspecified atom stereocenters. The van der Waals surface area contributed by atoms with Gasteiger partial charge in [-0.15, -0.1) is 0 Å². The molecule has 3 aromatic carbocycles. The number of aromatic hydroxyl groups is 1. The number of rotatable bonds is 8. The fourth-order valence-corrected chi connectivity index (χ4v) is 3.91. The normalized spacial score (nSPS) is 11.3. The summed E-state index contributed by atoms with van der Waals surface area (Å²) < 4.78 is 6.30. The van der Waals surface area contributed by atoms with Gasteiger partial charge in [-0.3, -0.25) is 9.59 Å². The second kappa shape index (κ2) is 12.4. The van der Waals surface area contributed by atoms with Crippen molar-refractivity contribution in [2.24, 2.45) is 5.10 Å². The second-order valence-electron chi connectivity index (χ2n) is 7.70. The number of nitrogens with one attached hydrogen (secondary N) is 2. The van der Waals surface area contributed by atoms with Gasteiger partial charge in [0.25, 0.3) is 11.8 Å². The zero-order chi connectivity index (χ0) is 26.2. The number of nitrogens with zero attached hydrogens (tertiary/aromatic N) is 2. The van der Waals surface area contributed by atoms with Gasteiger partial charge in [0.2, 0.25) is 0 Å². The van der Waals surface area contributed by atoms with Gasteiger partial charge < -0.3 is 20.1 Å². The highest BCUT2D eigenvalue weighted by Gasteiger charge is 2.16. The van der Waals surface area contributed by atoms with E-state index in [2.05, 4.69) is 47.7 Å². The van der Waals surface area contributed by atoms with Crippen LogP contribution in [0.3, 0.4) is 0 Å². The van der Waals surface area contributed by atoms with Crippen LogP contribution in [-0.2, 0) is 4.79 Å². The van der Waals surface area contributed by atoms with E-state index in [4.69, 9.17) is 4.74 Å². The second-order valence-corrected chi connectivity index (χ2v) is 9.35. The first kappa shape index (κ1) is 27.0. The minimum absolute atomic E-state index is 0.00582. The van der Waals surface area contributed by atoms with E-state index in [-0.39, 0.29) is 17.2 Å². The van der Waals surface area contributed by atoms with E-state index in [9.17, 15) is 14.7 Å². The van der Waals surface area contributed by atoms with Crippen LogP contribution in [0, 0.1) is 0 Å². The van der Waals surface area contributed by atoms with Crippen LogP contribution in [-0.4, -0.2) is 44.3 Å². The Bertz CT molecular complexity index is 1310. The van der Waals surface area contributed by atoms with Gasteiger partial charge in [-0.2, -0.15) is 5.10 Å². The van der Waals surface area contributed by atoms with Crippen LogP contribution in [0.5, 0.6) is 11.5 Å². The summed E-state index contributed by atoms with van der Waals surface area (Å²) in [6.45, 7) is 0. The lowest BCUT2D eigenvalue weighted by molar-refractivity contribution is -0.117. The van der Waals surface area contributed by atoms with Crippen molar-refractivity contribution in [3.05, 3.63) is 92.0 Å². The van der Waals surface area contributed by atoms with Crippen LogP contribution in [0.15, 0.2) is 80.4 Å². The van der Waals surface area contributed by atoms with Gasteiger partial charge in [0, 0.05) is 34.3 Å². The molecular weight excluding hydrogens is 592 g/mol. The quantitative estimate of drug-likeness (QED) is 0.190. The minimum atomic E-state index is -0.648. The van der Waals surface area contributed by atoms with Crippen LogP contribution in [0.4, 0.5) is 5.69 Å². The molecule has 0 atom stereocenters. The Labute approximate surface area is 225 Å². The Morgan fingerprint density at radius 3 is 2.33 bits per heavy atom. The monoisotopic (exact) mass is 614 g/mol. The van der Waals surface area contributed by atoms with Gasteiger partial charge in [0.05, 0.1) is 18.9 Å². The van der Waals surface area contributed by atoms with E-state index >= 15 is 0 Å². The molecule has 0 fully saturated rings. The Kier molecular flexibility index (Phi) is 9.26. The van der Waals surface area contributed by atoms with Crippen molar-refractivity contribution in [2.45, 2.75) is 0 Å². The van der Waals surface area contributed by atoms with Crippen molar-refractivity contribution >= 4 is 61.7 Å². The van der Waals surface area contributed by atoms with Crippen LogP contribution in [0.25, 0.3) is 6.08 Å². The lowest BCUT2D eigenvalue weighted by atomic mass is 10.1. The van der Waals surface area contributed by atoms with Gasteiger partial charge in [-0.25, -0.2) is 5.43 Å². The summed E-state index contributed by atoms with van der Waals surface area (Å²) in [4.78, 5) is 27.7. The molecular formula is C26H24Br2N4O4. The lowest BCUT2D eigenvalue weighted by Crippen LogP contribution is -2.32. The summed E-state index contributed by atoms with van der Waals surface area (Å²) >= 11 is 6.74. The van der Waals surface area contributed by atoms with Gasteiger partial charge in [0.15, 0.2) is 11.5 Å². The number of hydrogen-bond acceptors (Lipinski definition) is 6. The smallest absolute Gasteiger partial charge is 0.287 e. The zero-order valence-corrected chi connectivity index (χ0v) is 22.9. The molecule has 10 heteroatoms. The van der Waals surface area contributed by atoms with Gasteiger partial charge >= 0.3 is 0 Å². The molecule has 0 aliphatic rings. The highest BCUT2D eigenvalue weighted by Crippen LogP contribution is 2.39. The fourth-order valence-electron chi connectivity index (χ4n) is 3.08. The van der Waals surface area contributed by atoms with Crippen molar-refractivity contribution < 1.29 is 19.4 Å². The number of halogens is 2. The summed E-state index contributed by atoms with van der Waals surface area (Å²) in [5.41, 5.74) is 4.79. The first-order valence-electron chi connectivity index (χ1n) is 10.6. The number of carbonyl (C=O) groups is 2. The SMILES string of the molecule is COc1cc(Br)c(Br)c(/C=N\NC(=O)/C(=C/c2ccc(N(C)C)cc2)NC(=O)c2ccccc2)c1O. The number of phenols is 1. The lowest BCUT2D eigenvalue weighted by Gasteiger charge is -2.13. The standard InChI is InChI=1S/C26H24Br2N4O4/c1-32(2)18-11-9-16(10-12-18)13-21(30-25(34)17-7-5-4-6-8-17)26(35)31-29-15-19-23(28)20(27)14-22(36-3)24(19)33/h4-15,33H,1-3H3,(H,30,34)(H,31,35)/b21-13-,29-15-. The molecule has 0 saturated carbocycles. The fraction of sp³-hybridized carbons (Fsp3) is 0.115. The number of phenolic OH excluding ortho intramolecular Hbond substituents is 1. The Balaban J connectivity index is 1.88. The molecule has 0 aliphatic heterocycles. The Morgan fingerprint density at radius 2 is 1.72 bits per heavy atom. The average molecular weight is 616 g/mol. The molecule has 8 nitrogen and oxygen atoms in total. The summed E-state index contributed by atoms with van der Waals surface area (Å²) in [6.07, 6.45) is 2.83. The number of ether oxygens (including phenoxy) is 1. The third-order valence-corrected chi connectivity index (χ3v) is 7.03. The maximum absolute atomic E-state index is 13.0.